The number of hydrogen-bond acceptors (Lipinski definition) is 2. The SMILES string of the molecule is CCCCCCCCCCCC(=O)N[C@H](NC(C)(C)C)C(Cl)(Cl)Cl. The average molecular weight is 402 g/mol. The fourth-order valence-electron chi connectivity index (χ4n) is 2.46. The Morgan fingerprint density at radius 2 is 1.33 bits per heavy atom. The summed E-state index contributed by atoms with van der Waals surface area (Å²) in [5, 5.41) is 5.93. The van der Waals surface area contributed by atoms with E-state index < -0.39 is 9.96 Å². The second kappa shape index (κ2) is 12.6. The first kappa shape index (κ1) is 24.3. The zero-order chi connectivity index (χ0) is 18.6. The molecule has 0 saturated carbocycles. The highest BCUT2D eigenvalue weighted by Crippen LogP contribution is 2.30. The van der Waals surface area contributed by atoms with Crippen LogP contribution < -0.4 is 10.6 Å². The van der Waals surface area contributed by atoms with Crippen molar-refractivity contribution in [2.45, 2.75) is 107 Å². The van der Waals surface area contributed by atoms with E-state index in [1.807, 2.05) is 20.8 Å². The first-order chi connectivity index (χ1) is 11.1. The van der Waals surface area contributed by atoms with Crippen molar-refractivity contribution in [2.75, 3.05) is 0 Å². The second-order valence-electron chi connectivity index (χ2n) is 7.51. The van der Waals surface area contributed by atoms with Gasteiger partial charge in [-0.1, -0.05) is 93.1 Å². The molecule has 0 heterocycles. The monoisotopic (exact) mass is 400 g/mol. The molecule has 0 aromatic rings. The standard InChI is InChI=1S/C18H35Cl3N2O/c1-5-6-7-8-9-10-11-12-13-14-15(24)22-16(18(19,20)21)23-17(2,3)4/h16,23H,5-14H2,1-4H3,(H,22,24)/t16-/m1/s1. The molecule has 0 fully saturated rings. The van der Waals surface area contributed by atoms with Crippen LogP contribution in [0, 0.1) is 0 Å². The van der Waals surface area contributed by atoms with Crippen LogP contribution in [0.3, 0.4) is 0 Å². The third-order valence-corrected chi connectivity index (χ3v) is 4.37. The molecule has 0 aliphatic carbocycles. The highest BCUT2D eigenvalue weighted by Gasteiger charge is 2.36. The molecular weight excluding hydrogens is 367 g/mol. The minimum absolute atomic E-state index is 0.0778. The summed E-state index contributed by atoms with van der Waals surface area (Å²) >= 11 is 17.9. The molecule has 0 aromatic carbocycles. The van der Waals surface area contributed by atoms with Crippen molar-refractivity contribution >= 4 is 40.7 Å². The molecule has 0 aliphatic heterocycles. The number of carbonyl (C=O) groups is 1. The van der Waals surface area contributed by atoms with E-state index in [1.165, 1.54) is 44.9 Å². The lowest BCUT2D eigenvalue weighted by Crippen LogP contribution is -2.58. The Hall–Kier alpha value is 0.300. The quantitative estimate of drug-likeness (QED) is 0.235. The fraction of sp³-hybridized carbons (Fsp3) is 0.944. The van der Waals surface area contributed by atoms with Gasteiger partial charge in [-0.25, -0.2) is 0 Å². The largest absolute Gasteiger partial charge is 0.337 e. The van der Waals surface area contributed by atoms with Gasteiger partial charge in [-0.3, -0.25) is 10.1 Å². The third kappa shape index (κ3) is 14.6. The minimum Gasteiger partial charge on any atom is -0.337 e. The third-order valence-electron chi connectivity index (χ3n) is 3.72. The maximum absolute atomic E-state index is 12.1. The van der Waals surface area contributed by atoms with E-state index >= 15 is 0 Å². The molecule has 0 saturated heterocycles. The van der Waals surface area contributed by atoms with Crippen LogP contribution in [0.1, 0.15) is 91.9 Å². The first-order valence-corrected chi connectivity index (χ1v) is 10.3. The molecule has 2 N–H and O–H groups in total. The maximum atomic E-state index is 12.1. The minimum atomic E-state index is -1.58. The van der Waals surface area contributed by atoms with Crippen molar-refractivity contribution in [1.29, 1.82) is 0 Å². The predicted octanol–water partition coefficient (Wildman–Crippen LogP) is 6.11. The van der Waals surface area contributed by atoms with Crippen LogP contribution in [0.5, 0.6) is 0 Å². The van der Waals surface area contributed by atoms with Gasteiger partial charge in [0.25, 0.3) is 0 Å². The molecule has 0 aliphatic rings. The number of nitrogens with one attached hydrogen (secondary N) is 2. The molecule has 0 radical (unpaired) electrons. The number of rotatable bonds is 12. The van der Waals surface area contributed by atoms with Gasteiger partial charge in [0.1, 0.15) is 6.17 Å². The number of alkyl halides is 3. The van der Waals surface area contributed by atoms with Gasteiger partial charge in [0.2, 0.25) is 9.70 Å². The van der Waals surface area contributed by atoms with E-state index in [1.54, 1.807) is 0 Å². The van der Waals surface area contributed by atoms with Gasteiger partial charge in [-0.2, -0.15) is 0 Å². The maximum Gasteiger partial charge on any atom is 0.223 e. The Labute approximate surface area is 163 Å². The molecule has 0 aromatic heterocycles. The number of hydrogen-bond donors (Lipinski definition) is 2. The van der Waals surface area contributed by atoms with Crippen molar-refractivity contribution in [3.05, 3.63) is 0 Å². The van der Waals surface area contributed by atoms with Gasteiger partial charge in [-0.15, -0.1) is 0 Å². The number of amides is 1. The fourth-order valence-corrected chi connectivity index (χ4v) is 2.79. The van der Waals surface area contributed by atoms with Gasteiger partial charge in [0.15, 0.2) is 0 Å². The van der Waals surface area contributed by atoms with Crippen molar-refractivity contribution in [3.63, 3.8) is 0 Å². The van der Waals surface area contributed by atoms with Crippen LogP contribution in [0.2, 0.25) is 0 Å². The highest BCUT2D eigenvalue weighted by atomic mass is 35.6. The lowest BCUT2D eigenvalue weighted by molar-refractivity contribution is -0.122. The van der Waals surface area contributed by atoms with Crippen molar-refractivity contribution in [3.8, 4) is 0 Å². The molecule has 0 rings (SSSR count). The highest BCUT2D eigenvalue weighted by molar-refractivity contribution is 6.68. The number of halogens is 3. The van der Waals surface area contributed by atoms with E-state index in [0.717, 1.165) is 12.8 Å². The molecule has 0 unspecified atom stereocenters. The molecule has 1 amide bonds. The van der Waals surface area contributed by atoms with Crippen molar-refractivity contribution in [1.82, 2.24) is 10.6 Å². The molecule has 0 spiro atoms. The summed E-state index contributed by atoms with van der Waals surface area (Å²) in [5.74, 6) is -0.0778. The predicted molar refractivity (Wildman–Crippen MR) is 107 cm³/mol. The molecule has 24 heavy (non-hydrogen) atoms. The number of unbranched alkanes of at least 4 members (excludes halogenated alkanes) is 8. The first-order valence-electron chi connectivity index (χ1n) is 9.20. The van der Waals surface area contributed by atoms with Gasteiger partial charge in [-0.05, 0) is 27.2 Å². The van der Waals surface area contributed by atoms with Crippen LogP contribution in [-0.2, 0) is 4.79 Å². The summed E-state index contributed by atoms with van der Waals surface area (Å²) in [5.41, 5.74) is -0.264. The van der Waals surface area contributed by atoms with Gasteiger partial charge in [0.05, 0.1) is 0 Å². The Bertz CT molecular complexity index is 338. The topological polar surface area (TPSA) is 41.1 Å². The molecule has 6 heteroatoms. The molecule has 0 bridgehead atoms. The lowest BCUT2D eigenvalue weighted by atomic mass is 10.1. The van der Waals surface area contributed by atoms with Crippen LogP contribution in [-0.4, -0.2) is 21.4 Å². The van der Waals surface area contributed by atoms with E-state index in [9.17, 15) is 4.79 Å². The summed E-state index contributed by atoms with van der Waals surface area (Å²) in [7, 11) is 0. The van der Waals surface area contributed by atoms with Crippen LogP contribution in [0.25, 0.3) is 0 Å². The Balaban J connectivity index is 3.89. The Kier molecular flexibility index (Phi) is 12.8. The second-order valence-corrected chi connectivity index (χ2v) is 9.88. The molecule has 1 atom stereocenters. The normalized spacial score (nSPS) is 13.8. The van der Waals surface area contributed by atoms with Gasteiger partial charge in [0, 0.05) is 12.0 Å². The van der Waals surface area contributed by atoms with E-state index in [2.05, 4.69) is 17.6 Å². The van der Waals surface area contributed by atoms with Crippen molar-refractivity contribution in [2.24, 2.45) is 0 Å². The summed E-state index contributed by atoms with van der Waals surface area (Å²) in [6, 6.07) is 0. The molecule has 144 valence electrons. The van der Waals surface area contributed by atoms with Crippen LogP contribution >= 0.6 is 34.8 Å². The van der Waals surface area contributed by atoms with Crippen molar-refractivity contribution < 1.29 is 4.79 Å². The summed E-state index contributed by atoms with van der Waals surface area (Å²) in [6.07, 6.45) is 10.8. The average Bonchev–Trinajstić information content (AvgIpc) is 2.42. The number of carbonyl (C=O) groups excluding carboxylic acids is 1. The molecular formula is C18H35Cl3N2O. The van der Waals surface area contributed by atoms with Crippen LogP contribution in [0.15, 0.2) is 0 Å². The lowest BCUT2D eigenvalue weighted by Gasteiger charge is -2.33. The van der Waals surface area contributed by atoms with Crippen LogP contribution in [0.4, 0.5) is 0 Å². The zero-order valence-electron chi connectivity index (χ0n) is 15.7. The van der Waals surface area contributed by atoms with Gasteiger partial charge >= 0.3 is 0 Å². The van der Waals surface area contributed by atoms with E-state index in [0.29, 0.717) is 6.42 Å². The Morgan fingerprint density at radius 1 is 0.875 bits per heavy atom. The van der Waals surface area contributed by atoms with E-state index in [-0.39, 0.29) is 11.4 Å². The summed E-state index contributed by atoms with van der Waals surface area (Å²) in [4.78, 5) is 12.1. The van der Waals surface area contributed by atoms with E-state index in [4.69, 9.17) is 34.8 Å². The summed E-state index contributed by atoms with van der Waals surface area (Å²) < 4.78 is -1.58. The smallest absolute Gasteiger partial charge is 0.223 e. The zero-order valence-corrected chi connectivity index (χ0v) is 18.0. The summed E-state index contributed by atoms with van der Waals surface area (Å²) in [6.45, 7) is 8.12. The molecule has 3 nitrogen and oxygen atoms in total. The Morgan fingerprint density at radius 3 is 1.75 bits per heavy atom. The van der Waals surface area contributed by atoms with Gasteiger partial charge < -0.3 is 5.32 Å².